The van der Waals surface area contributed by atoms with Gasteiger partial charge in [-0.1, -0.05) is 18.2 Å². The SMILES string of the molecule is Cn1ncc2c(Oc3ccccc3CO)ncnc21. The average Bonchev–Trinajstić information content (AvgIpc) is 2.82. The Bertz CT molecular complexity index is 723. The number of aromatic nitrogens is 4. The van der Waals surface area contributed by atoms with Crippen LogP contribution in [0.1, 0.15) is 5.56 Å². The second-order valence-electron chi connectivity index (χ2n) is 4.05. The molecular weight excluding hydrogens is 244 g/mol. The number of benzene rings is 1. The highest BCUT2D eigenvalue weighted by molar-refractivity contribution is 5.79. The van der Waals surface area contributed by atoms with Crippen molar-refractivity contribution in [1.82, 2.24) is 19.7 Å². The van der Waals surface area contributed by atoms with Crippen molar-refractivity contribution in [2.24, 2.45) is 7.05 Å². The van der Waals surface area contributed by atoms with E-state index < -0.39 is 0 Å². The summed E-state index contributed by atoms with van der Waals surface area (Å²) in [7, 11) is 1.81. The number of para-hydroxylation sites is 1. The predicted octanol–water partition coefficient (Wildman–Crippen LogP) is 1.65. The van der Waals surface area contributed by atoms with Gasteiger partial charge >= 0.3 is 0 Å². The first kappa shape index (κ1) is 11.6. The van der Waals surface area contributed by atoms with Gasteiger partial charge in [0.25, 0.3) is 0 Å². The fourth-order valence-corrected chi connectivity index (χ4v) is 1.86. The topological polar surface area (TPSA) is 73.1 Å². The molecule has 3 rings (SSSR count). The molecule has 0 aliphatic carbocycles. The minimum Gasteiger partial charge on any atom is -0.438 e. The molecule has 6 nitrogen and oxygen atoms in total. The lowest BCUT2D eigenvalue weighted by atomic mass is 10.2. The molecule has 0 atom stereocenters. The minimum absolute atomic E-state index is 0.0859. The van der Waals surface area contributed by atoms with Crippen molar-refractivity contribution in [2.45, 2.75) is 6.61 Å². The van der Waals surface area contributed by atoms with Crippen LogP contribution < -0.4 is 4.74 Å². The highest BCUT2D eigenvalue weighted by Gasteiger charge is 2.11. The van der Waals surface area contributed by atoms with Crippen LogP contribution in [-0.4, -0.2) is 24.9 Å². The van der Waals surface area contributed by atoms with Crippen LogP contribution >= 0.6 is 0 Å². The summed E-state index contributed by atoms with van der Waals surface area (Å²) in [5.74, 6) is 1.01. The summed E-state index contributed by atoms with van der Waals surface area (Å²) in [4.78, 5) is 8.27. The van der Waals surface area contributed by atoms with Crippen molar-refractivity contribution < 1.29 is 9.84 Å². The smallest absolute Gasteiger partial charge is 0.233 e. The molecule has 0 bridgehead atoms. The first-order valence-corrected chi connectivity index (χ1v) is 5.79. The van der Waals surface area contributed by atoms with Gasteiger partial charge in [-0.05, 0) is 6.07 Å². The van der Waals surface area contributed by atoms with Crippen LogP contribution in [0.25, 0.3) is 11.0 Å². The molecule has 1 N–H and O–H groups in total. The zero-order chi connectivity index (χ0) is 13.2. The third-order valence-corrected chi connectivity index (χ3v) is 2.84. The molecule has 0 spiro atoms. The number of rotatable bonds is 3. The van der Waals surface area contributed by atoms with Crippen molar-refractivity contribution in [2.75, 3.05) is 0 Å². The highest BCUT2D eigenvalue weighted by Crippen LogP contribution is 2.28. The van der Waals surface area contributed by atoms with Crippen molar-refractivity contribution >= 4 is 11.0 Å². The lowest BCUT2D eigenvalue weighted by Crippen LogP contribution is -1.96. The fourth-order valence-electron chi connectivity index (χ4n) is 1.86. The second kappa shape index (κ2) is 4.66. The number of aryl methyl sites for hydroxylation is 1. The van der Waals surface area contributed by atoms with E-state index in [9.17, 15) is 5.11 Å². The van der Waals surface area contributed by atoms with Crippen LogP contribution in [0.15, 0.2) is 36.8 Å². The predicted molar refractivity (Wildman–Crippen MR) is 68.7 cm³/mol. The average molecular weight is 256 g/mol. The van der Waals surface area contributed by atoms with Crippen LogP contribution in [0.3, 0.4) is 0 Å². The van der Waals surface area contributed by atoms with E-state index >= 15 is 0 Å². The molecule has 2 aromatic heterocycles. The van der Waals surface area contributed by atoms with Gasteiger partial charge in [0.2, 0.25) is 5.88 Å². The molecule has 0 saturated heterocycles. The Morgan fingerprint density at radius 1 is 1.26 bits per heavy atom. The standard InChI is InChI=1S/C13H12N4O2/c1-17-12-10(6-16-17)13(15-8-14-12)19-11-5-3-2-4-9(11)7-18/h2-6,8,18H,7H2,1H3. The van der Waals surface area contributed by atoms with E-state index in [0.29, 0.717) is 22.8 Å². The molecule has 0 amide bonds. The zero-order valence-electron chi connectivity index (χ0n) is 10.3. The quantitative estimate of drug-likeness (QED) is 0.771. The summed E-state index contributed by atoms with van der Waals surface area (Å²) in [6, 6.07) is 7.28. The molecule has 1 aromatic carbocycles. The molecule has 0 aliphatic rings. The molecule has 6 heteroatoms. The number of aliphatic hydroxyl groups excluding tert-OH is 1. The summed E-state index contributed by atoms with van der Waals surface area (Å²) in [5, 5.41) is 14.1. The summed E-state index contributed by atoms with van der Waals surface area (Å²) in [6.07, 6.45) is 3.09. The maximum absolute atomic E-state index is 9.28. The Labute approximate surface area is 109 Å². The molecule has 0 fully saturated rings. The Morgan fingerprint density at radius 2 is 2.11 bits per heavy atom. The van der Waals surface area contributed by atoms with Crippen molar-refractivity contribution in [3.63, 3.8) is 0 Å². The van der Waals surface area contributed by atoms with Gasteiger partial charge in [-0.2, -0.15) is 5.10 Å². The first-order valence-electron chi connectivity index (χ1n) is 5.79. The molecule has 19 heavy (non-hydrogen) atoms. The van der Waals surface area contributed by atoms with Gasteiger partial charge in [0.15, 0.2) is 5.65 Å². The van der Waals surface area contributed by atoms with Crippen molar-refractivity contribution in [1.29, 1.82) is 0 Å². The van der Waals surface area contributed by atoms with E-state index in [-0.39, 0.29) is 6.61 Å². The number of hydrogen-bond acceptors (Lipinski definition) is 5. The van der Waals surface area contributed by atoms with Crippen LogP contribution in [0.4, 0.5) is 0 Å². The lowest BCUT2D eigenvalue weighted by molar-refractivity contribution is 0.276. The van der Waals surface area contributed by atoms with Gasteiger partial charge in [-0.3, -0.25) is 4.68 Å². The molecule has 2 heterocycles. The Morgan fingerprint density at radius 3 is 2.95 bits per heavy atom. The number of fused-ring (bicyclic) bond motifs is 1. The van der Waals surface area contributed by atoms with Gasteiger partial charge in [0, 0.05) is 12.6 Å². The molecule has 3 aromatic rings. The van der Waals surface area contributed by atoms with Crippen LogP contribution in [0.5, 0.6) is 11.6 Å². The monoisotopic (exact) mass is 256 g/mol. The van der Waals surface area contributed by atoms with E-state index in [1.165, 1.54) is 6.33 Å². The van der Waals surface area contributed by atoms with E-state index in [2.05, 4.69) is 15.1 Å². The minimum atomic E-state index is -0.0859. The normalized spacial score (nSPS) is 10.8. The maximum atomic E-state index is 9.28. The Hall–Kier alpha value is -2.47. The third-order valence-electron chi connectivity index (χ3n) is 2.84. The summed E-state index contributed by atoms with van der Waals surface area (Å²) in [5.41, 5.74) is 1.41. The maximum Gasteiger partial charge on any atom is 0.233 e. The van der Waals surface area contributed by atoms with Gasteiger partial charge in [0.05, 0.1) is 12.8 Å². The Kier molecular flexibility index (Phi) is 2.85. The lowest BCUT2D eigenvalue weighted by Gasteiger charge is -2.08. The van der Waals surface area contributed by atoms with Gasteiger partial charge in [0.1, 0.15) is 17.5 Å². The third kappa shape index (κ3) is 2.02. The van der Waals surface area contributed by atoms with E-state index in [4.69, 9.17) is 4.74 Å². The highest BCUT2D eigenvalue weighted by atomic mass is 16.5. The van der Waals surface area contributed by atoms with Crippen LogP contribution in [0, 0.1) is 0 Å². The van der Waals surface area contributed by atoms with Crippen molar-refractivity contribution in [3.05, 3.63) is 42.4 Å². The summed E-state index contributed by atoms with van der Waals surface area (Å²) < 4.78 is 7.42. The van der Waals surface area contributed by atoms with Crippen LogP contribution in [-0.2, 0) is 13.7 Å². The second-order valence-corrected chi connectivity index (χ2v) is 4.05. The van der Waals surface area contributed by atoms with E-state index in [0.717, 1.165) is 5.39 Å². The number of aliphatic hydroxyl groups is 1. The summed E-state index contributed by atoms with van der Waals surface area (Å²) in [6.45, 7) is -0.0859. The number of hydrogen-bond donors (Lipinski definition) is 1. The van der Waals surface area contributed by atoms with Crippen molar-refractivity contribution in [3.8, 4) is 11.6 Å². The number of ether oxygens (including phenoxy) is 1. The molecular formula is C13H12N4O2. The van der Waals surface area contributed by atoms with Gasteiger partial charge in [-0.25, -0.2) is 9.97 Å². The van der Waals surface area contributed by atoms with Gasteiger partial charge in [-0.15, -0.1) is 0 Å². The molecule has 0 radical (unpaired) electrons. The number of nitrogens with zero attached hydrogens (tertiary/aromatic N) is 4. The summed E-state index contributed by atoms with van der Waals surface area (Å²) >= 11 is 0. The van der Waals surface area contributed by atoms with Crippen LogP contribution in [0.2, 0.25) is 0 Å². The molecule has 0 saturated carbocycles. The van der Waals surface area contributed by atoms with E-state index in [1.54, 1.807) is 30.1 Å². The molecule has 96 valence electrons. The van der Waals surface area contributed by atoms with Gasteiger partial charge < -0.3 is 9.84 Å². The molecule has 0 unspecified atom stereocenters. The molecule has 0 aliphatic heterocycles. The largest absolute Gasteiger partial charge is 0.438 e. The van der Waals surface area contributed by atoms with E-state index in [1.807, 2.05) is 12.1 Å². The fraction of sp³-hybridized carbons (Fsp3) is 0.154. The first-order chi connectivity index (χ1) is 9.29. The Balaban J connectivity index is 2.06. The zero-order valence-corrected chi connectivity index (χ0v) is 10.3.